The van der Waals surface area contributed by atoms with Gasteiger partial charge >= 0.3 is 6.09 Å². The Morgan fingerprint density at radius 3 is 2.19 bits per heavy atom. The second-order valence-electron chi connectivity index (χ2n) is 7.59. The van der Waals surface area contributed by atoms with Crippen molar-refractivity contribution in [3.05, 3.63) is 59.7 Å². The first kappa shape index (κ1) is 17.8. The number of likely N-dealkylation sites (N-methyl/N-ethyl adjacent to an activating group) is 1. The molecule has 2 aromatic rings. The number of amides is 1. The average Bonchev–Trinajstić information content (AvgIpc) is 3.33. The van der Waals surface area contributed by atoms with Crippen LogP contribution in [0.15, 0.2) is 48.5 Å². The molecule has 140 valence electrons. The minimum Gasteiger partial charge on any atom is -0.448 e. The van der Waals surface area contributed by atoms with E-state index in [4.69, 9.17) is 4.74 Å². The van der Waals surface area contributed by atoms with Crippen LogP contribution >= 0.6 is 0 Å². The van der Waals surface area contributed by atoms with Crippen LogP contribution in [0.5, 0.6) is 0 Å². The lowest BCUT2D eigenvalue weighted by molar-refractivity contribution is -0.113. The van der Waals surface area contributed by atoms with Crippen LogP contribution in [-0.4, -0.2) is 37.0 Å². The van der Waals surface area contributed by atoms with E-state index in [1.807, 2.05) is 24.3 Å². The number of aldehydes is 1. The summed E-state index contributed by atoms with van der Waals surface area (Å²) in [5, 5.41) is 0. The largest absolute Gasteiger partial charge is 0.448 e. The molecule has 1 atom stereocenters. The Hall–Kier alpha value is -2.62. The lowest BCUT2D eigenvalue weighted by atomic mass is 9.98. The highest BCUT2D eigenvalue weighted by Gasteiger charge is 2.33. The molecule has 0 radical (unpaired) electrons. The van der Waals surface area contributed by atoms with Crippen molar-refractivity contribution in [3.63, 3.8) is 0 Å². The van der Waals surface area contributed by atoms with Gasteiger partial charge in [-0.05, 0) is 41.0 Å². The van der Waals surface area contributed by atoms with E-state index in [9.17, 15) is 9.59 Å². The van der Waals surface area contributed by atoms with Crippen molar-refractivity contribution in [2.75, 3.05) is 13.7 Å². The fourth-order valence-electron chi connectivity index (χ4n) is 4.64. The third-order valence-electron chi connectivity index (χ3n) is 6.09. The van der Waals surface area contributed by atoms with Gasteiger partial charge in [-0.1, -0.05) is 61.4 Å². The lowest BCUT2D eigenvalue weighted by Crippen LogP contribution is -2.43. The molecular formula is C23H25NO3. The van der Waals surface area contributed by atoms with E-state index in [1.54, 1.807) is 7.05 Å². The zero-order valence-electron chi connectivity index (χ0n) is 15.6. The Morgan fingerprint density at radius 1 is 1.07 bits per heavy atom. The Bertz CT molecular complexity index is 796. The monoisotopic (exact) mass is 363 g/mol. The highest BCUT2D eigenvalue weighted by Crippen LogP contribution is 2.44. The van der Waals surface area contributed by atoms with Crippen molar-refractivity contribution < 1.29 is 14.3 Å². The summed E-state index contributed by atoms with van der Waals surface area (Å²) in [5.41, 5.74) is 4.80. The smallest absolute Gasteiger partial charge is 0.410 e. The van der Waals surface area contributed by atoms with E-state index in [1.165, 1.54) is 27.2 Å². The van der Waals surface area contributed by atoms with E-state index >= 15 is 0 Å². The summed E-state index contributed by atoms with van der Waals surface area (Å²) in [6.45, 7) is 0.285. The molecule has 2 aliphatic rings. The highest BCUT2D eigenvalue weighted by molar-refractivity contribution is 5.79. The van der Waals surface area contributed by atoms with Crippen LogP contribution < -0.4 is 0 Å². The van der Waals surface area contributed by atoms with E-state index in [0.717, 1.165) is 32.0 Å². The maximum atomic E-state index is 12.6. The molecule has 2 aliphatic carbocycles. The summed E-state index contributed by atoms with van der Waals surface area (Å²) < 4.78 is 5.67. The Kier molecular flexibility index (Phi) is 4.97. The van der Waals surface area contributed by atoms with Crippen LogP contribution in [0.2, 0.25) is 0 Å². The Morgan fingerprint density at radius 2 is 1.63 bits per heavy atom. The van der Waals surface area contributed by atoms with E-state index in [2.05, 4.69) is 24.3 Å². The van der Waals surface area contributed by atoms with Gasteiger partial charge in [0.15, 0.2) is 0 Å². The second kappa shape index (κ2) is 7.55. The van der Waals surface area contributed by atoms with Crippen molar-refractivity contribution in [3.8, 4) is 11.1 Å². The van der Waals surface area contributed by atoms with Crippen LogP contribution in [-0.2, 0) is 9.53 Å². The summed E-state index contributed by atoms with van der Waals surface area (Å²) >= 11 is 0. The van der Waals surface area contributed by atoms with Crippen LogP contribution in [0.1, 0.15) is 42.7 Å². The molecule has 4 nitrogen and oxygen atoms in total. The molecule has 0 aromatic heterocycles. The Labute approximate surface area is 160 Å². The van der Waals surface area contributed by atoms with Gasteiger partial charge in [0.2, 0.25) is 0 Å². The zero-order chi connectivity index (χ0) is 18.8. The molecule has 0 bridgehead atoms. The second-order valence-corrected chi connectivity index (χ2v) is 7.59. The first-order valence-corrected chi connectivity index (χ1v) is 9.74. The number of fused-ring (bicyclic) bond motifs is 3. The number of benzene rings is 2. The molecule has 4 heteroatoms. The molecule has 0 spiro atoms. The van der Waals surface area contributed by atoms with Gasteiger partial charge in [-0.2, -0.15) is 0 Å². The van der Waals surface area contributed by atoms with E-state index in [-0.39, 0.29) is 24.5 Å². The predicted molar refractivity (Wildman–Crippen MR) is 105 cm³/mol. The third kappa shape index (κ3) is 3.25. The van der Waals surface area contributed by atoms with Crippen LogP contribution in [0.4, 0.5) is 4.79 Å². The summed E-state index contributed by atoms with van der Waals surface area (Å²) in [6.07, 6.45) is 4.76. The molecule has 4 rings (SSSR count). The first-order valence-electron chi connectivity index (χ1n) is 9.74. The minimum absolute atomic E-state index is 0.0379. The topological polar surface area (TPSA) is 46.6 Å². The Balaban J connectivity index is 1.48. The molecule has 0 saturated heterocycles. The van der Waals surface area contributed by atoms with Crippen LogP contribution in [0.3, 0.4) is 0 Å². The quantitative estimate of drug-likeness (QED) is 0.728. The van der Waals surface area contributed by atoms with Gasteiger partial charge in [-0.3, -0.25) is 0 Å². The molecule has 1 unspecified atom stereocenters. The van der Waals surface area contributed by atoms with E-state index < -0.39 is 6.09 Å². The van der Waals surface area contributed by atoms with Gasteiger partial charge in [0.25, 0.3) is 0 Å². The molecule has 0 N–H and O–H groups in total. The van der Waals surface area contributed by atoms with Crippen molar-refractivity contribution in [1.29, 1.82) is 0 Å². The fraction of sp³-hybridized carbons (Fsp3) is 0.391. The standard InChI is InChI=1S/C23H25NO3/c1-24(22(14-25)16-8-2-3-9-16)23(26)27-15-21-19-12-6-4-10-17(19)18-11-5-7-13-20(18)21/h4-7,10-14,16,21-22H,2-3,8-9,15H2,1H3. The molecule has 0 heterocycles. The fourth-order valence-corrected chi connectivity index (χ4v) is 4.64. The summed E-state index contributed by atoms with van der Waals surface area (Å²) in [5.74, 6) is 0.295. The molecule has 1 amide bonds. The average molecular weight is 363 g/mol. The molecule has 2 aromatic carbocycles. The number of hydrogen-bond acceptors (Lipinski definition) is 3. The van der Waals surface area contributed by atoms with Crippen molar-refractivity contribution >= 4 is 12.4 Å². The number of nitrogens with zero attached hydrogens (tertiary/aromatic N) is 1. The maximum absolute atomic E-state index is 12.6. The lowest BCUT2D eigenvalue weighted by Gasteiger charge is -2.28. The van der Waals surface area contributed by atoms with Crippen molar-refractivity contribution in [2.45, 2.75) is 37.6 Å². The van der Waals surface area contributed by atoms with Gasteiger partial charge < -0.3 is 14.4 Å². The van der Waals surface area contributed by atoms with Gasteiger partial charge in [0.05, 0.1) is 6.04 Å². The number of hydrogen-bond donors (Lipinski definition) is 0. The van der Waals surface area contributed by atoms with Gasteiger partial charge in [-0.25, -0.2) is 4.79 Å². The SMILES string of the molecule is CN(C(=O)OCC1c2ccccc2-c2ccccc21)C(C=O)C1CCCC1. The number of rotatable bonds is 5. The molecule has 0 aliphatic heterocycles. The van der Waals surface area contributed by atoms with Gasteiger partial charge in [0.1, 0.15) is 12.9 Å². The summed E-state index contributed by atoms with van der Waals surface area (Å²) in [6, 6.07) is 16.2. The zero-order valence-corrected chi connectivity index (χ0v) is 15.6. The number of carbonyl (C=O) groups is 2. The first-order chi connectivity index (χ1) is 13.2. The van der Waals surface area contributed by atoms with Gasteiger partial charge in [-0.15, -0.1) is 0 Å². The molecule has 1 fully saturated rings. The highest BCUT2D eigenvalue weighted by atomic mass is 16.6. The minimum atomic E-state index is -0.416. The van der Waals surface area contributed by atoms with Crippen molar-refractivity contribution in [2.24, 2.45) is 5.92 Å². The molecule has 27 heavy (non-hydrogen) atoms. The summed E-state index contributed by atoms with van der Waals surface area (Å²) in [4.78, 5) is 25.7. The maximum Gasteiger partial charge on any atom is 0.410 e. The summed E-state index contributed by atoms with van der Waals surface area (Å²) in [7, 11) is 1.68. The predicted octanol–water partition coefficient (Wildman–Crippen LogP) is 4.63. The van der Waals surface area contributed by atoms with Crippen LogP contribution in [0, 0.1) is 5.92 Å². The third-order valence-corrected chi connectivity index (χ3v) is 6.09. The number of carbonyl (C=O) groups excluding carboxylic acids is 2. The molecule has 1 saturated carbocycles. The molecular weight excluding hydrogens is 338 g/mol. The van der Waals surface area contributed by atoms with E-state index in [0.29, 0.717) is 0 Å². The van der Waals surface area contributed by atoms with Gasteiger partial charge in [0, 0.05) is 13.0 Å². The number of ether oxygens (including phenoxy) is 1. The van der Waals surface area contributed by atoms with Crippen LogP contribution in [0.25, 0.3) is 11.1 Å². The normalized spacial score (nSPS) is 17.2. The van der Waals surface area contributed by atoms with Crippen molar-refractivity contribution in [1.82, 2.24) is 4.90 Å².